The Hall–Kier alpha value is -1.71. The number of halogens is 1. The van der Waals surface area contributed by atoms with Crippen molar-refractivity contribution in [1.82, 2.24) is 4.90 Å². The van der Waals surface area contributed by atoms with Crippen molar-refractivity contribution in [3.63, 3.8) is 0 Å². The molecule has 0 aliphatic carbocycles. The fraction of sp³-hybridized carbons (Fsp3) is 0.250. The van der Waals surface area contributed by atoms with Gasteiger partial charge in [0.25, 0.3) is 0 Å². The van der Waals surface area contributed by atoms with E-state index in [9.17, 15) is 4.79 Å². The van der Waals surface area contributed by atoms with E-state index in [1.165, 1.54) is 5.56 Å². The van der Waals surface area contributed by atoms with Crippen molar-refractivity contribution >= 4 is 35.3 Å². The fourth-order valence-electron chi connectivity index (χ4n) is 2.80. The summed E-state index contributed by atoms with van der Waals surface area (Å²) in [7, 11) is 0. The van der Waals surface area contributed by atoms with Gasteiger partial charge in [-0.3, -0.25) is 4.79 Å². The van der Waals surface area contributed by atoms with Crippen LogP contribution >= 0.6 is 23.4 Å². The van der Waals surface area contributed by atoms with Crippen LogP contribution in [0.3, 0.4) is 0 Å². The third-order valence-corrected chi connectivity index (χ3v) is 5.81. The fourth-order valence-corrected chi connectivity index (χ4v) is 4.23. The van der Waals surface area contributed by atoms with Gasteiger partial charge in [-0.2, -0.15) is 11.8 Å². The predicted octanol–water partition coefficient (Wildman–Crippen LogP) is 5.06. The monoisotopic (exact) mass is 357 g/mol. The van der Waals surface area contributed by atoms with Crippen LogP contribution in [-0.4, -0.2) is 29.6 Å². The first-order chi connectivity index (χ1) is 11.7. The number of hydrogen-bond donors (Lipinski definition) is 0. The number of carbonyl (C=O) groups is 1. The summed E-state index contributed by atoms with van der Waals surface area (Å²) in [6.45, 7) is 1.58. The maximum Gasteiger partial charge on any atom is 0.246 e. The van der Waals surface area contributed by atoms with Crippen molar-refractivity contribution in [3.05, 3.63) is 76.8 Å². The highest BCUT2D eigenvalue weighted by Crippen LogP contribution is 2.34. The Bertz CT molecular complexity index is 717. The molecule has 0 N–H and O–H groups in total. The molecule has 1 fully saturated rings. The molecule has 4 heteroatoms. The highest BCUT2D eigenvalue weighted by Gasteiger charge is 2.20. The van der Waals surface area contributed by atoms with Crippen LogP contribution < -0.4 is 0 Å². The van der Waals surface area contributed by atoms with Crippen LogP contribution in [0.1, 0.15) is 22.8 Å². The van der Waals surface area contributed by atoms with Gasteiger partial charge < -0.3 is 4.90 Å². The molecule has 1 saturated heterocycles. The van der Waals surface area contributed by atoms with Crippen LogP contribution in [0.15, 0.2) is 60.7 Å². The van der Waals surface area contributed by atoms with Crippen molar-refractivity contribution < 1.29 is 4.79 Å². The van der Waals surface area contributed by atoms with Gasteiger partial charge in [-0.05, 0) is 29.7 Å². The topological polar surface area (TPSA) is 20.3 Å². The minimum atomic E-state index is 0.0595. The van der Waals surface area contributed by atoms with Crippen molar-refractivity contribution in [3.8, 4) is 0 Å². The average Bonchev–Trinajstić information content (AvgIpc) is 2.88. The van der Waals surface area contributed by atoms with E-state index in [0.29, 0.717) is 10.3 Å². The lowest BCUT2D eigenvalue weighted by molar-refractivity contribution is -0.125. The Kier molecular flexibility index (Phi) is 6.00. The predicted molar refractivity (Wildman–Crippen MR) is 103 cm³/mol. The number of benzene rings is 2. The molecule has 3 rings (SSSR count). The zero-order valence-electron chi connectivity index (χ0n) is 13.4. The first-order valence-electron chi connectivity index (χ1n) is 8.12. The Labute approximate surface area is 152 Å². The average molecular weight is 358 g/mol. The summed E-state index contributed by atoms with van der Waals surface area (Å²) < 4.78 is 0. The zero-order chi connectivity index (χ0) is 16.8. The van der Waals surface area contributed by atoms with Gasteiger partial charge >= 0.3 is 0 Å². The van der Waals surface area contributed by atoms with Crippen LogP contribution in [0, 0.1) is 0 Å². The van der Waals surface area contributed by atoms with Crippen LogP contribution in [0.4, 0.5) is 0 Å². The standard InChI is InChI=1S/C20H20ClNOS/c21-18-9-5-4-6-16(18)10-11-20(23)22-13-12-19(24-15-14-22)17-7-2-1-3-8-17/h1-11,19H,12-15H2. The van der Waals surface area contributed by atoms with Gasteiger partial charge in [0.2, 0.25) is 5.91 Å². The minimum absolute atomic E-state index is 0.0595. The van der Waals surface area contributed by atoms with Gasteiger partial charge in [0.15, 0.2) is 0 Å². The second-order valence-electron chi connectivity index (χ2n) is 5.74. The molecule has 0 saturated carbocycles. The van der Waals surface area contributed by atoms with E-state index in [2.05, 4.69) is 24.3 Å². The SMILES string of the molecule is O=C(C=Cc1ccccc1Cl)N1CCSC(c2ccccc2)CC1. The molecule has 1 aliphatic rings. The molecule has 1 unspecified atom stereocenters. The third kappa shape index (κ3) is 4.43. The second kappa shape index (κ2) is 8.41. The minimum Gasteiger partial charge on any atom is -0.338 e. The Morgan fingerprint density at radius 3 is 2.62 bits per heavy atom. The lowest BCUT2D eigenvalue weighted by Crippen LogP contribution is -2.31. The molecule has 0 aromatic heterocycles. The molecule has 0 bridgehead atoms. The molecule has 1 atom stereocenters. The van der Waals surface area contributed by atoms with Gasteiger partial charge in [-0.25, -0.2) is 0 Å². The van der Waals surface area contributed by atoms with Gasteiger partial charge in [0.05, 0.1) is 0 Å². The molecule has 0 spiro atoms. The zero-order valence-corrected chi connectivity index (χ0v) is 15.0. The largest absolute Gasteiger partial charge is 0.338 e. The molecule has 0 radical (unpaired) electrons. The van der Waals surface area contributed by atoms with Gasteiger partial charge in [-0.15, -0.1) is 0 Å². The van der Waals surface area contributed by atoms with Gasteiger partial charge in [0, 0.05) is 35.2 Å². The summed E-state index contributed by atoms with van der Waals surface area (Å²) in [5, 5.41) is 1.13. The number of hydrogen-bond acceptors (Lipinski definition) is 2. The molecule has 1 heterocycles. The molecule has 2 aromatic carbocycles. The van der Waals surface area contributed by atoms with Crippen LogP contribution in [0.2, 0.25) is 5.02 Å². The lowest BCUT2D eigenvalue weighted by atomic mass is 10.1. The molecule has 1 aliphatic heterocycles. The van der Waals surface area contributed by atoms with Gasteiger partial charge in [-0.1, -0.05) is 60.1 Å². The summed E-state index contributed by atoms with van der Waals surface area (Å²) in [6.07, 6.45) is 4.42. The smallest absolute Gasteiger partial charge is 0.246 e. The van der Waals surface area contributed by atoms with Crippen molar-refractivity contribution in [2.24, 2.45) is 0 Å². The summed E-state index contributed by atoms with van der Waals surface area (Å²) in [4.78, 5) is 14.4. The summed E-state index contributed by atoms with van der Waals surface area (Å²) in [6, 6.07) is 18.1. The summed E-state index contributed by atoms with van der Waals surface area (Å²) in [5.41, 5.74) is 2.22. The highest BCUT2D eigenvalue weighted by atomic mass is 35.5. The van der Waals surface area contributed by atoms with Gasteiger partial charge in [0.1, 0.15) is 0 Å². The Morgan fingerprint density at radius 1 is 1.08 bits per heavy atom. The quantitative estimate of drug-likeness (QED) is 0.715. The van der Waals surface area contributed by atoms with Crippen molar-refractivity contribution in [1.29, 1.82) is 0 Å². The molecule has 1 amide bonds. The van der Waals surface area contributed by atoms with E-state index in [-0.39, 0.29) is 5.91 Å². The maximum absolute atomic E-state index is 12.5. The first-order valence-corrected chi connectivity index (χ1v) is 9.55. The molecular formula is C20H20ClNOS. The van der Waals surface area contributed by atoms with Crippen LogP contribution in [-0.2, 0) is 4.79 Å². The molecule has 2 nitrogen and oxygen atoms in total. The lowest BCUT2D eigenvalue weighted by Gasteiger charge is -2.18. The Morgan fingerprint density at radius 2 is 1.83 bits per heavy atom. The van der Waals surface area contributed by atoms with Crippen molar-refractivity contribution in [2.75, 3.05) is 18.8 Å². The van der Waals surface area contributed by atoms with E-state index < -0.39 is 0 Å². The maximum atomic E-state index is 12.5. The number of carbonyl (C=O) groups excluding carboxylic acids is 1. The van der Waals surface area contributed by atoms with E-state index in [1.807, 2.05) is 47.0 Å². The molecule has 2 aromatic rings. The molecular weight excluding hydrogens is 338 g/mol. The van der Waals surface area contributed by atoms with E-state index >= 15 is 0 Å². The second-order valence-corrected chi connectivity index (χ2v) is 7.46. The van der Waals surface area contributed by atoms with Crippen molar-refractivity contribution in [2.45, 2.75) is 11.7 Å². The third-order valence-electron chi connectivity index (χ3n) is 4.14. The van der Waals surface area contributed by atoms with E-state index in [1.54, 1.807) is 12.2 Å². The number of nitrogens with zero attached hydrogens (tertiary/aromatic N) is 1. The van der Waals surface area contributed by atoms with Crippen LogP contribution in [0.5, 0.6) is 0 Å². The van der Waals surface area contributed by atoms with Crippen LogP contribution in [0.25, 0.3) is 6.08 Å². The Balaban J connectivity index is 1.61. The normalized spacial score (nSPS) is 18.5. The van der Waals surface area contributed by atoms with E-state index in [4.69, 9.17) is 11.6 Å². The van der Waals surface area contributed by atoms with E-state index in [0.717, 1.165) is 30.8 Å². The number of amides is 1. The number of thioether (sulfide) groups is 1. The number of rotatable bonds is 3. The summed E-state index contributed by atoms with van der Waals surface area (Å²) in [5.74, 6) is 1.02. The first kappa shape index (κ1) is 17.1. The molecule has 24 heavy (non-hydrogen) atoms. The highest BCUT2D eigenvalue weighted by molar-refractivity contribution is 7.99. The summed E-state index contributed by atoms with van der Waals surface area (Å²) >= 11 is 8.06. The molecule has 124 valence electrons.